The van der Waals surface area contributed by atoms with Crippen molar-refractivity contribution in [3.8, 4) is 17.1 Å². The minimum atomic E-state index is -1.15. The van der Waals surface area contributed by atoms with Crippen LogP contribution < -0.4 is 0 Å². The number of hydrogen-bond donors (Lipinski definition) is 0. The maximum atomic E-state index is 13.9. The Labute approximate surface area is 132 Å². The molecule has 0 bridgehead atoms. The maximum absolute atomic E-state index is 13.9. The van der Waals surface area contributed by atoms with E-state index in [9.17, 15) is 13.2 Å². The summed E-state index contributed by atoms with van der Waals surface area (Å²) in [6, 6.07) is 1.05. The molecule has 0 aliphatic rings. The Morgan fingerprint density at radius 1 is 0.909 bits per heavy atom. The lowest BCUT2D eigenvalue weighted by molar-refractivity contribution is 0.548. The van der Waals surface area contributed by atoms with E-state index in [1.165, 1.54) is 17.1 Å². The Hall–Kier alpha value is -2.12. The molecule has 4 nitrogen and oxygen atoms in total. The first kappa shape index (κ1) is 14.8. The fourth-order valence-corrected chi connectivity index (χ4v) is 2.45. The molecule has 0 fully saturated rings. The minimum Gasteiger partial charge on any atom is -0.274 e. The van der Waals surface area contributed by atoms with E-state index < -0.39 is 23.0 Å². The van der Waals surface area contributed by atoms with Gasteiger partial charge in [-0.25, -0.2) is 18.2 Å². The van der Waals surface area contributed by atoms with Crippen LogP contribution in [-0.4, -0.2) is 19.5 Å². The minimum absolute atomic E-state index is 0.0826. The summed E-state index contributed by atoms with van der Waals surface area (Å²) >= 11 is 11.9. The van der Waals surface area contributed by atoms with Crippen molar-refractivity contribution in [1.82, 2.24) is 19.5 Å². The Morgan fingerprint density at radius 2 is 1.50 bits per heavy atom. The average molecular weight is 345 g/mol. The fraction of sp³-hybridized carbons (Fsp3) is 0. The van der Waals surface area contributed by atoms with Crippen molar-refractivity contribution >= 4 is 23.2 Å². The third-order valence-corrected chi connectivity index (χ3v) is 3.35. The summed E-state index contributed by atoms with van der Waals surface area (Å²) in [4.78, 5) is 11.7. The lowest BCUT2D eigenvalue weighted by Crippen LogP contribution is -2.03. The first-order valence-electron chi connectivity index (χ1n) is 5.83. The monoisotopic (exact) mass is 344 g/mol. The van der Waals surface area contributed by atoms with Gasteiger partial charge in [0.25, 0.3) is 0 Å². The molecule has 0 saturated heterocycles. The van der Waals surface area contributed by atoms with Crippen LogP contribution in [0.3, 0.4) is 0 Å². The zero-order valence-corrected chi connectivity index (χ0v) is 12.1. The summed E-state index contributed by atoms with van der Waals surface area (Å²) in [5, 5.41) is -0.541. The van der Waals surface area contributed by atoms with Crippen LogP contribution in [0.5, 0.6) is 0 Å². The van der Waals surface area contributed by atoms with E-state index >= 15 is 0 Å². The second-order valence-corrected chi connectivity index (χ2v) is 4.91. The van der Waals surface area contributed by atoms with Crippen LogP contribution in [0.4, 0.5) is 13.2 Å². The van der Waals surface area contributed by atoms with Crippen molar-refractivity contribution in [3.63, 3.8) is 0 Å². The van der Waals surface area contributed by atoms with Crippen LogP contribution in [0.25, 0.3) is 17.1 Å². The highest BCUT2D eigenvalue weighted by atomic mass is 35.5. The van der Waals surface area contributed by atoms with Crippen molar-refractivity contribution < 1.29 is 13.2 Å². The summed E-state index contributed by atoms with van der Waals surface area (Å²) in [7, 11) is 0. The molecule has 9 heteroatoms. The van der Waals surface area contributed by atoms with E-state index in [0.717, 1.165) is 0 Å². The number of benzene rings is 1. The van der Waals surface area contributed by atoms with Gasteiger partial charge in [0.2, 0.25) is 5.95 Å². The largest absolute Gasteiger partial charge is 0.274 e. The Kier molecular flexibility index (Phi) is 3.76. The second-order valence-electron chi connectivity index (χ2n) is 4.19. The van der Waals surface area contributed by atoms with Crippen LogP contribution in [0.1, 0.15) is 0 Å². The number of halogens is 5. The number of aromatic nitrogens is 4. The highest BCUT2D eigenvalue weighted by molar-refractivity contribution is 6.37. The summed E-state index contributed by atoms with van der Waals surface area (Å²) in [5.74, 6) is -3.28. The molecule has 2 aromatic heterocycles. The summed E-state index contributed by atoms with van der Waals surface area (Å²) < 4.78 is 42.1. The van der Waals surface area contributed by atoms with E-state index in [1.807, 2.05) is 0 Å². The van der Waals surface area contributed by atoms with E-state index in [1.54, 1.807) is 6.20 Å². The SMILES string of the molecule is Fc1cc(F)c(-c2c(Cl)nc(-n3ccnc3)nc2Cl)c(F)c1. The predicted molar refractivity (Wildman–Crippen MR) is 74.5 cm³/mol. The van der Waals surface area contributed by atoms with Gasteiger partial charge in [-0.2, -0.15) is 9.97 Å². The Balaban J connectivity index is 2.21. The maximum Gasteiger partial charge on any atom is 0.237 e. The molecule has 0 atom stereocenters. The number of imidazole rings is 1. The quantitative estimate of drug-likeness (QED) is 0.658. The molecule has 3 aromatic rings. The highest BCUT2D eigenvalue weighted by Gasteiger charge is 2.22. The van der Waals surface area contributed by atoms with Crippen molar-refractivity contribution in [2.24, 2.45) is 0 Å². The van der Waals surface area contributed by atoms with Gasteiger partial charge in [0.1, 0.15) is 34.1 Å². The normalized spacial score (nSPS) is 11.0. The molecule has 2 heterocycles. The van der Waals surface area contributed by atoms with Crippen LogP contribution in [0, 0.1) is 17.5 Å². The van der Waals surface area contributed by atoms with Crippen molar-refractivity contribution in [3.05, 3.63) is 58.6 Å². The van der Waals surface area contributed by atoms with Gasteiger partial charge in [0.05, 0.1) is 11.1 Å². The molecule has 0 radical (unpaired) electrons. The lowest BCUT2D eigenvalue weighted by atomic mass is 10.1. The van der Waals surface area contributed by atoms with Crippen LogP contribution >= 0.6 is 23.2 Å². The van der Waals surface area contributed by atoms with Gasteiger partial charge in [-0.05, 0) is 0 Å². The van der Waals surface area contributed by atoms with Crippen molar-refractivity contribution in [2.75, 3.05) is 0 Å². The highest BCUT2D eigenvalue weighted by Crippen LogP contribution is 2.36. The summed E-state index contributed by atoms with van der Waals surface area (Å²) in [6.45, 7) is 0. The summed E-state index contributed by atoms with van der Waals surface area (Å²) in [6.07, 6.45) is 4.43. The van der Waals surface area contributed by atoms with Gasteiger partial charge >= 0.3 is 0 Å². The number of hydrogen-bond acceptors (Lipinski definition) is 3. The topological polar surface area (TPSA) is 43.6 Å². The molecule has 0 aliphatic heterocycles. The average Bonchev–Trinajstić information content (AvgIpc) is 2.94. The molecule has 0 aliphatic carbocycles. The third kappa shape index (κ3) is 2.53. The van der Waals surface area contributed by atoms with Crippen molar-refractivity contribution in [1.29, 1.82) is 0 Å². The van der Waals surface area contributed by atoms with Gasteiger partial charge < -0.3 is 0 Å². The van der Waals surface area contributed by atoms with Gasteiger partial charge in [-0.3, -0.25) is 4.57 Å². The van der Waals surface area contributed by atoms with E-state index in [-0.39, 0.29) is 21.8 Å². The fourth-order valence-electron chi connectivity index (χ4n) is 1.88. The Morgan fingerprint density at radius 3 is 2.00 bits per heavy atom. The molecular weight excluding hydrogens is 340 g/mol. The molecule has 0 saturated carbocycles. The molecule has 1 aromatic carbocycles. The molecule has 0 amide bonds. The first-order valence-corrected chi connectivity index (χ1v) is 6.59. The zero-order valence-electron chi connectivity index (χ0n) is 10.6. The van der Waals surface area contributed by atoms with Crippen LogP contribution in [0.2, 0.25) is 10.3 Å². The molecule has 3 rings (SSSR count). The van der Waals surface area contributed by atoms with Crippen LogP contribution in [-0.2, 0) is 0 Å². The third-order valence-electron chi connectivity index (χ3n) is 2.80. The molecule has 112 valence electrons. The van der Waals surface area contributed by atoms with Gasteiger partial charge in [0.15, 0.2) is 0 Å². The zero-order chi connectivity index (χ0) is 15.9. The smallest absolute Gasteiger partial charge is 0.237 e. The van der Waals surface area contributed by atoms with E-state index in [2.05, 4.69) is 15.0 Å². The Bertz CT molecular complexity index is 806. The van der Waals surface area contributed by atoms with E-state index in [4.69, 9.17) is 23.2 Å². The van der Waals surface area contributed by atoms with Crippen LogP contribution in [0.15, 0.2) is 30.9 Å². The van der Waals surface area contributed by atoms with Gasteiger partial charge in [0, 0.05) is 24.5 Å². The van der Waals surface area contributed by atoms with Gasteiger partial charge in [-0.15, -0.1) is 0 Å². The van der Waals surface area contributed by atoms with Gasteiger partial charge in [-0.1, -0.05) is 23.2 Å². The standard InChI is InChI=1S/C13H5Cl2F3N4/c14-11-10(9-7(17)3-6(16)4-8(9)18)12(15)21-13(20-11)22-2-1-19-5-22/h1-5H. The first-order chi connectivity index (χ1) is 10.5. The number of nitrogens with zero attached hydrogens (tertiary/aromatic N) is 4. The lowest BCUT2D eigenvalue weighted by Gasteiger charge is -2.10. The van der Waals surface area contributed by atoms with E-state index in [0.29, 0.717) is 12.1 Å². The summed E-state index contributed by atoms with van der Waals surface area (Å²) in [5.41, 5.74) is -0.837. The number of rotatable bonds is 2. The molecule has 0 N–H and O–H groups in total. The van der Waals surface area contributed by atoms with Crippen molar-refractivity contribution in [2.45, 2.75) is 0 Å². The predicted octanol–water partition coefficient (Wildman–Crippen LogP) is 4.05. The second kappa shape index (κ2) is 5.58. The molecule has 0 unspecified atom stereocenters. The molecule has 22 heavy (non-hydrogen) atoms. The molecular formula is C13H5Cl2F3N4. The molecule has 0 spiro atoms.